The smallest absolute Gasteiger partial charge is 0.310 e. The molecule has 1 atom stereocenters. The van der Waals surface area contributed by atoms with Crippen LogP contribution in [0.1, 0.15) is 41.3 Å². The highest BCUT2D eigenvalue weighted by molar-refractivity contribution is 6.06. The summed E-state index contributed by atoms with van der Waals surface area (Å²) >= 11 is 0. The second-order valence-corrected chi connectivity index (χ2v) is 9.38. The van der Waals surface area contributed by atoms with E-state index in [9.17, 15) is 14.4 Å². The first-order valence-electron chi connectivity index (χ1n) is 13.0. The molecule has 0 spiro atoms. The van der Waals surface area contributed by atoms with Gasteiger partial charge >= 0.3 is 5.97 Å². The Morgan fingerprint density at radius 3 is 2.26 bits per heavy atom. The highest BCUT2D eigenvalue weighted by atomic mass is 16.5. The third-order valence-corrected chi connectivity index (χ3v) is 6.76. The summed E-state index contributed by atoms with van der Waals surface area (Å²) in [4.78, 5) is 42.1. The molecule has 1 aliphatic heterocycles. The van der Waals surface area contributed by atoms with Gasteiger partial charge in [0.15, 0.2) is 0 Å². The molecule has 1 aliphatic rings. The first-order chi connectivity index (χ1) is 18.5. The molecule has 4 rings (SSSR count). The summed E-state index contributed by atoms with van der Waals surface area (Å²) in [5, 5.41) is 0. The van der Waals surface area contributed by atoms with E-state index < -0.39 is 0 Å². The van der Waals surface area contributed by atoms with E-state index in [0.717, 1.165) is 35.4 Å². The number of esters is 1. The van der Waals surface area contributed by atoms with E-state index in [1.54, 1.807) is 36.0 Å². The van der Waals surface area contributed by atoms with Gasteiger partial charge in [0.25, 0.3) is 5.91 Å². The lowest BCUT2D eigenvalue weighted by molar-refractivity contribution is -0.151. The Bertz CT molecular complexity index is 1230. The van der Waals surface area contributed by atoms with Crippen molar-refractivity contribution in [2.24, 2.45) is 5.92 Å². The van der Waals surface area contributed by atoms with Crippen molar-refractivity contribution >= 4 is 23.5 Å². The van der Waals surface area contributed by atoms with Crippen LogP contribution in [0.5, 0.6) is 5.75 Å². The van der Waals surface area contributed by atoms with Gasteiger partial charge in [-0.1, -0.05) is 42.5 Å². The minimum Gasteiger partial charge on any atom is -0.497 e. The predicted octanol–water partition coefficient (Wildman–Crippen LogP) is 4.89. The molecule has 0 unspecified atom stereocenters. The van der Waals surface area contributed by atoms with Crippen LogP contribution in [-0.4, -0.2) is 49.5 Å². The monoisotopic (exact) mass is 514 g/mol. The van der Waals surface area contributed by atoms with Gasteiger partial charge in [-0.05, 0) is 67.3 Å². The number of likely N-dealkylation sites (tertiary alicyclic amines) is 1. The number of hydrogen-bond acceptors (Lipinski definition) is 5. The quantitative estimate of drug-likeness (QED) is 0.380. The first kappa shape index (κ1) is 26.9. The lowest BCUT2D eigenvalue weighted by Crippen LogP contribution is -2.43. The Morgan fingerprint density at radius 2 is 1.61 bits per heavy atom. The molecule has 0 aliphatic carbocycles. The van der Waals surface area contributed by atoms with Crippen molar-refractivity contribution < 1.29 is 23.9 Å². The average molecular weight is 515 g/mol. The number of rotatable bonds is 9. The van der Waals surface area contributed by atoms with Crippen LogP contribution in [0.4, 0.5) is 5.69 Å². The zero-order valence-electron chi connectivity index (χ0n) is 22.0. The lowest BCUT2D eigenvalue weighted by atomic mass is 9.97. The van der Waals surface area contributed by atoms with Crippen LogP contribution in [0.15, 0.2) is 78.9 Å². The van der Waals surface area contributed by atoms with Gasteiger partial charge in [-0.2, -0.15) is 0 Å². The third-order valence-electron chi connectivity index (χ3n) is 6.76. The maximum Gasteiger partial charge on any atom is 0.310 e. The van der Waals surface area contributed by atoms with Crippen LogP contribution in [0, 0.1) is 5.92 Å². The fraction of sp³-hybridized carbons (Fsp3) is 0.323. The number of carbonyl (C=O) groups excluding carboxylic acids is 3. The molecule has 2 amide bonds. The largest absolute Gasteiger partial charge is 0.497 e. The van der Waals surface area contributed by atoms with Crippen molar-refractivity contribution in [2.75, 3.05) is 31.7 Å². The van der Waals surface area contributed by atoms with Crippen molar-refractivity contribution in [2.45, 2.75) is 32.7 Å². The Balaban J connectivity index is 1.48. The number of benzene rings is 3. The van der Waals surface area contributed by atoms with Gasteiger partial charge in [0.2, 0.25) is 5.91 Å². The average Bonchev–Trinajstić information content (AvgIpc) is 2.97. The molecule has 0 saturated carbocycles. The number of nitrogens with zero attached hydrogens (tertiary/aromatic N) is 2. The fourth-order valence-corrected chi connectivity index (χ4v) is 4.67. The van der Waals surface area contributed by atoms with Crippen LogP contribution < -0.4 is 9.64 Å². The summed E-state index contributed by atoms with van der Waals surface area (Å²) in [5.41, 5.74) is 3.16. The van der Waals surface area contributed by atoms with Crippen molar-refractivity contribution in [1.82, 2.24) is 4.90 Å². The van der Waals surface area contributed by atoms with E-state index in [0.29, 0.717) is 31.8 Å². The summed E-state index contributed by atoms with van der Waals surface area (Å²) in [7, 11) is 1.62. The van der Waals surface area contributed by atoms with Crippen LogP contribution in [0.2, 0.25) is 0 Å². The molecule has 0 aromatic heterocycles. The van der Waals surface area contributed by atoms with Crippen molar-refractivity contribution in [1.29, 1.82) is 0 Å². The lowest BCUT2D eigenvalue weighted by Gasteiger charge is -2.31. The summed E-state index contributed by atoms with van der Waals surface area (Å²) in [6.07, 6.45) is 1.77. The zero-order valence-corrected chi connectivity index (χ0v) is 22.0. The Morgan fingerprint density at radius 1 is 0.921 bits per heavy atom. The molecule has 3 aromatic rings. The number of ether oxygens (including phenoxy) is 2. The Labute approximate surface area is 224 Å². The molecular weight excluding hydrogens is 480 g/mol. The molecule has 38 heavy (non-hydrogen) atoms. The van der Waals surface area contributed by atoms with Crippen molar-refractivity contribution in [3.05, 3.63) is 95.6 Å². The van der Waals surface area contributed by atoms with E-state index in [1.165, 1.54) is 0 Å². The summed E-state index contributed by atoms with van der Waals surface area (Å²) in [6, 6.07) is 24.4. The minimum atomic E-state index is -0.259. The van der Waals surface area contributed by atoms with Gasteiger partial charge in [-0.15, -0.1) is 0 Å². The zero-order chi connectivity index (χ0) is 26.9. The van der Waals surface area contributed by atoms with Gasteiger partial charge < -0.3 is 19.3 Å². The highest BCUT2D eigenvalue weighted by Gasteiger charge is 2.29. The highest BCUT2D eigenvalue weighted by Crippen LogP contribution is 2.24. The second kappa shape index (κ2) is 12.9. The molecule has 0 radical (unpaired) electrons. The number of carbonyl (C=O) groups is 3. The predicted molar refractivity (Wildman–Crippen MR) is 146 cm³/mol. The molecule has 1 fully saturated rings. The number of piperidine rings is 1. The Hall–Kier alpha value is -4.13. The normalized spacial score (nSPS) is 15.0. The van der Waals surface area contributed by atoms with Crippen LogP contribution >= 0.6 is 0 Å². The standard InChI is InChI=1S/C31H34N2O5/c1-3-38-31(36)26-10-7-19-32(22-26)29(34)20-23-11-15-27(16-12-23)33(30(35)25-8-5-4-6-9-25)21-24-13-17-28(37-2)18-14-24/h4-6,8-9,11-18,26H,3,7,10,19-22H2,1-2H3/t26-/m0/s1. The third kappa shape index (κ3) is 6.79. The van der Waals surface area contributed by atoms with Gasteiger partial charge in [0.1, 0.15) is 5.75 Å². The topological polar surface area (TPSA) is 76.2 Å². The minimum absolute atomic E-state index is 0.0119. The molecule has 198 valence electrons. The SMILES string of the molecule is CCOC(=O)[C@H]1CCCN(C(=O)Cc2ccc(N(Cc3ccc(OC)cc3)C(=O)c3ccccc3)cc2)C1. The number of amides is 2. The maximum absolute atomic E-state index is 13.5. The molecule has 1 heterocycles. The van der Waals surface area contributed by atoms with E-state index in [-0.39, 0.29) is 30.1 Å². The van der Waals surface area contributed by atoms with Crippen molar-refractivity contribution in [3.8, 4) is 5.75 Å². The number of anilines is 1. The van der Waals surface area contributed by atoms with E-state index in [4.69, 9.17) is 9.47 Å². The molecule has 3 aromatic carbocycles. The first-order valence-corrected chi connectivity index (χ1v) is 13.0. The molecule has 7 nitrogen and oxygen atoms in total. The summed E-state index contributed by atoms with van der Waals surface area (Å²) < 4.78 is 10.4. The maximum atomic E-state index is 13.5. The Kier molecular flexibility index (Phi) is 9.14. The molecule has 1 saturated heterocycles. The molecular formula is C31H34N2O5. The summed E-state index contributed by atoms with van der Waals surface area (Å²) in [5.74, 6) is 0.150. The fourth-order valence-electron chi connectivity index (χ4n) is 4.67. The van der Waals surface area contributed by atoms with Crippen LogP contribution in [0.3, 0.4) is 0 Å². The van der Waals surface area contributed by atoms with Gasteiger partial charge in [0, 0.05) is 24.3 Å². The van der Waals surface area contributed by atoms with E-state index in [2.05, 4.69) is 0 Å². The summed E-state index contributed by atoms with van der Waals surface area (Å²) in [6.45, 7) is 3.57. The van der Waals surface area contributed by atoms with Crippen molar-refractivity contribution in [3.63, 3.8) is 0 Å². The van der Waals surface area contributed by atoms with Gasteiger partial charge in [-0.3, -0.25) is 14.4 Å². The molecule has 0 bridgehead atoms. The molecule has 0 N–H and O–H groups in total. The van der Waals surface area contributed by atoms with E-state index >= 15 is 0 Å². The second-order valence-electron chi connectivity index (χ2n) is 9.38. The van der Waals surface area contributed by atoms with Gasteiger partial charge in [-0.25, -0.2) is 0 Å². The van der Waals surface area contributed by atoms with Crippen LogP contribution in [0.25, 0.3) is 0 Å². The number of hydrogen-bond donors (Lipinski definition) is 0. The van der Waals surface area contributed by atoms with E-state index in [1.807, 2.05) is 66.7 Å². The van der Waals surface area contributed by atoms with Crippen LogP contribution in [-0.2, 0) is 27.3 Å². The van der Waals surface area contributed by atoms with Gasteiger partial charge in [0.05, 0.1) is 32.6 Å². The molecule has 7 heteroatoms. The number of methoxy groups -OCH3 is 1.